The Hall–Kier alpha value is -1.22. The van der Waals surface area contributed by atoms with Crippen molar-refractivity contribution < 1.29 is 8.42 Å². The van der Waals surface area contributed by atoms with Crippen molar-refractivity contribution in [3.8, 4) is 0 Å². The molecule has 2 rings (SSSR count). The van der Waals surface area contributed by atoms with Gasteiger partial charge in [-0.25, -0.2) is 18.1 Å². The van der Waals surface area contributed by atoms with Gasteiger partial charge in [-0.1, -0.05) is 0 Å². The number of hydrogen-bond donors (Lipinski definition) is 2. The monoisotopic (exact) mass is 300 g/mol. The van der Waals surface area contributed by atoms with Crippen LogP contribution < -0.4 is 10.0 Å². The summed E-state index contributed by atoms with van der Waals surface area (Å²) in [5, 5.41) is 3.00. The fourth-order valence-electron chi connectivity index (χ4n) is 1.57. The lowest BCUT2D eigenvalue weighted by molar-refractivity contribution is 0.575. The van der Waals surface area contributed by atoms with Crippen LogP contribution in [0.3, 0.4) is 0 Å². The Morgan fingerprint density at radius 2 is 2.26 bits per heavy atom. The predicted molar refractivity (Wildman–Crippen MR) is 74.5 cm³/mol. The van der Waals surface area contributed by atoms with Crippen LogP contribution in [0.1, 0.15) is 4.88 Å². The lowest BCUT2D eigenvalue weighted by atomic mass is 10.5. The molecule has 2 heterocycles. The molecule has 0 fully saturated rings. The van der Waals surface area contributed by atoms with Crippen LogP contribution in [-0.4, -0.2) is 31.6 Å². The second kappa shape index (κ2) is 6.29. The third-order valence-corrected chi connectivity index (χ3v) is 5.51. The molecule has 0 unspecified atom stereocenters. The molecule has 8 heteroatoms. The minimum atomic E-state index is -3.40. The average Bonchev–Trinajstić information content (AvgIpc) is 3.00. The summed E-state index contributed by atoms with van der Waals surface area (Å²) in [6, 6.07) is 3.46. The summed E-state index contributed by atoms with van der Waals surface area (Å²) in [7, 11) is -1.57. The van der Waals surface area contributed by atoms with Crippen LogP contribution >= 0.6 is 11.3 Å². The number of sulfonamides is 1. The highest BCUT2D eigenvalue weighted by molar-refractivity contribution is 7.91. The minimum absolute atomic E-state index is 0.345. The van der Waals surface area contributed by atoms with E-state index in [9.17, 15) is 8.42 Å². The van der Waals surface area contributed by atoms with Gasteiger partial charge in [-0.3, -0.25) is 0 Å². The Bertz CT molecular complexity index is 604. The van der Waals surface area contributed by atoms with Crippen LogP contribution in [0, 0.1) is 0 Å². The van der Waals surface area contributed by atoms with Gasteiger partial charge in [0.05, 0.1) is 6.33 Å². The first-order valence-electron chi connectivity index (χ1n) is 5.80. The quantitative estimate of drug-likeness (QED) is 0.787. The molecule has 0 radical (unpaired) electrons. The number of hydrogen-bond acceptors (Lipinski definition) is 5. The fraction of sp³-hybridized carbons (Fsp3) is 0.364. The molecule has 19 heavy (non-hydrogen) atoms. The van der Waals surface area contributed by atoms with Crippen molar-refractivity contribution in [2.75, 3.05) is 13.6 Å². The second-order valence-electron chi connectivity index (χ2n) is 3.95. The van der Waals surface area contributed by atoms with Crippen LogP contribution in [0.25, 0.3) is 0 Å². The summed E-state index contributed by atoms with van der Waals surface area (Å²) < 4.78 is 28.8. The highest BCUT2D eigenvalue weighted by Gasteiger charge is 2.15. The predicted octanol–water partition coefficient (Wildman–Crippen LogP) is 0.643. The van der Waals surface area contributed by atoms with Crippen molar-refractivity contribution >= 4 is 21.4 Å². The topological polar surface area (TPSA) is 76.0 Å². The lowest BCUT2D eigenvalue weighted by Crippen LogP contribution is -2.26. The molecule has 0 aliphatic carbocycles. The first-order valence-corrected chi connectivity index (χ1v) is 8.10. The molecule has 0 spiro atoms. The SMILES string of the molecule is CNCc1ccc(S(=O)(=O)NCCn2ccnc2)s1. The maximum Gasteiger partial charge on any atom is 0.250 e. The van der Waals surface area contributed by atoms with E-state index in [1.165, 1.54) is 11.3 Å². The van der Waals surface area contributed by atoms with E-state index in [-0.39, 0.29) is 0 Å². The molecule has 2 aromatic heterocycles. The Balaban J connectivity index is 1.93. The first kappa shape index (κ1) is 14.2. The van der Waals surface area contributed by atoms with Crippen LogP contribution in [0.5, 0.6) is 0 Å². The Morgan fingerprint density at radius 1 is 1.42 bits per heavy atom. The summed E-state index contributed by atoms with van der Waals surface area (Å²) in [6.45, 7) is 1.58. The molecule has 0 saturated heterocycles. The van der Waals surface area contributed by atoms with E-state index in [2.05, 4.69) is 15.0 Å². The van der Waals surface area contributed by atoms with Gasteiger partial charge in [-0.05, 0) is 19.2 Å². The van der Waals surface area contributed by atoms with E-state index in [0.29, 0.717) is 23.8 Å². The zero-order valence-corrected chi connectivity index (χ0v) is 12.2. The largest absolute Gasteiger partial charge is 0.336 e. The van der Waals surface area contributed by atoms with Crippen molar-refractivity contribution in [2.24, 2.45) is 0 Å². The average molecular weight is 300 g/mol. The van der Waals surface area contributed by atoms with Gasteiger partial charge in [0.15, 0.2) is 0 Å². The molecule has 0 bridgehead atoms. The number of rotatable bonds is 7. The van der Waals surface area contributed by atoms with Crippen molar-refractivity contribution in [1.82, 2.24) is 19.6 Å². The number of nitrogens with zero attached hydrogens (tertiary/aromatic N) is 2. The van der Waals surface area contributed by atoms with Crippen molar-refractivity contribution in [1.29, 1.82) is 0 Å². The van der Waals surface area contributed by atoms with Gasteiger partial charge in [0.2, 0.25) is 10.0 Å². The second-order valence-corrected chi connectivity index (χ2v) is 7.11. The summed E-state index contributed by atoms with van der Waals surface area (Å²) >= 11 is 1.28. The van der Waals surface area contributed by atoms with Gasteiger partial charge >= 0.3 is 0 Å². The van der Waals surface area contributed by atoms with Gasteiger partial charge in [-0.15, -0.1) is 11.3 Å². The molecule has 0 aliphatic heterocycles. The van der Waals surface area contributed by atoms with E-state index in [1.807, 2.05) is 17.7 Å². The van der Waals surface area contributed by atoms with Crippen molar-refractivity contribution in [3.05, 3.63) is 35.7 Å². The molecular weight excluding hydrogens is 284 g/mol. The van der Waals surface area contributed by atoms with Crippen molar-refractivity contribution in [3.63, 3.8) is 0 Å². The molecule has 6 nitrogen and oxygen atoms in total. The molecule has 2 aromatic rings. The maximum absolute atomic E-state index is 12.0. The third kappa shape index (κ3) is 3.87. The molecule has 0 saturated carbocycles. The number of imidazole rings is 1. The van der Waals surface area contributed by atoms with Crippen LogP contribution in [0.15, 0.2) is 35.1 Å². The molecule has 0 atom stereocenters. The summed E-state index contributed by atoms with van der Waals surface area (Å²) in [6.07, 6.45) is 5.12. The molecule has 2 N–H and O–H groups in total. The van der Waals surface area contributed by atoms with Crippen LogP contribution in [0.2, 0.25) is 0 Å². The van der Waals surface area contributed by atoms with Gasteiger partial charge in [-0.2, -0.15) is 0 Å². The van der Waals surface area contributed by atoms with Gasteiger partial charge in [0.1, 0.15) is 4.21 Å². The molecule has 0 aliphatic rings. The zero-order chi connectivity index (χ0) is 13.7. The van der Waals surface area contributed by atoms with Crippen LogP contribution in [0.4, 0.5) is 0 Å². The van der Waals surface area contributed by atoms with Gasteiger partial charge in [0.25, 0.3) is 0 Å². The molecule has 104 valence electrons. The highest BCUT2D eigenvalue weighted by atomic mass is 32.2. The standard InChI is InChI=1S/C11H16N4O2S2/c1-12-8-10-2-3-11(18-10)19(16,17)14-5-7-15-6-4-13-9-15/h2-4,6,9,12,14H,5,7-8H2,1H3. The van der Waals surface area contributed by atoms with E-state index in [1.54, 1.807) is 24.8 Å². The Labute approximate surface area is 116 Å². The van der Waals surface area contributed by atoms with E-state index < -0.39 is 10.0 Å². The van der Waals surface area contributed by atoms with Crippen molar-refractivity contribution in [2.45, 2.75) is 17.3 Å². The summed E-state index contributed by atoms with van der Waals surface area (Å²) in [5.41, 5.74) is 0. The maximum atomic E-state index is 12.0. The Morgan fingerprint density at radius 3 is 2.95 bits per heavy atom. The van der Waals surface area contributed by atoms with Crippen LogP contribution in [-0.2, 0) is 23.1 Å². The Kier molecular flexibility index (Phi) is 4.70. The first-order chi connectivity index (χ1) is 9.12. The van der Waals surface area contributed by atoms with Gasteiger partial charge < -0.3 is 9.88 Å². The fourth-order valence-corrected chi connectivity index (χ4v) is 4.00. The molecular formula is C11H16N4O2S2. The minimum Gasteiger partial charge on any atom is -0.336 e. The van der Waals surface area contributed by atoms with E-state index in [0.717, 1.165) is 4.88 Å². The number of thiophene rings is 1. The number of aromatic nitrogens is 2. The highest BCUT2D eigenvalue weighted by Crippen LogP contribution is 2.21. The zero-order valence-electron chi connectivity index (χ0n) is 10.5. The van der Waals surface area contributed by atoms with Gasteiger partial charge in [0, 0.05) is 36.9 Å². The summed E-state index contributed by atoms with van der Waals surface area (Å²) in [4.78, 5) is 4.90. The summed E-state index contributed by atoms with van der Waals surface area (Å²) in [5.74, 6) is 0. The lowest BCUT2D eigenvalue weighted by Gasteiger charge is -2.05. The smallest absolute Gasteiger partial charge is 0.250 e. The third-order valence-electron chi connectivity index (χ3n) is 2.47. The van der Waals surface area contributed by atoms with E-state index in [4.69, 9.17) is 0 Å². The number of nitrogens with one attached hydrogen (secondary N) is 2. The molecule has 0 amide bonds. The van der Waals surface area contributed by atoms with E-state index >= 15 is 0 Å². The molecule has 0 aromatic carbocycles. The normalized spacial score (nSPS) is 11.8.